The lowest BCUT2D eigenvalue weighted by molar-refractivity contribution is 1.34. The van der Waals surface area contributed by atoms with E-state index in [0.29, 0.717) is 0 Å². The van der Waals surface area contributed by atoms with Crippen molar-refractivity contribution in [1.29, 1.82) is 0 Å². The summed E-state index contributed by atoms with van der Waals surface area (Å²) in [6.07, 6.45) is 3.83. The molecule has 1 N–H and O–H groups in total. The summed E-state index contributed by atoms with van der Waals surface area (Å²) in [7, 11) is 0. The Morgan fingerprint density at radius 3 is 3.08 bits per heavy atom. The van der Waals surface area contributed by atoms with Crippen molar-refractivity contribution in [2.24, 2.45) is 0 Å². The van der Waals surface area contributed by atoms with E-state index in [9.17, 15) is 0 Å². The fourth-order valence-electron chi connectivity index (χ4n) is 1.35. The summed E-state index contributed by atoms with van der Waals surface area (Å²) in [6.45, 7) is 4.16. The molecule has 0 aliphatic heterocycles. The van der Waals surface area contributed by atoms with Crippen LogP contribution in [0.25, 0.3) is 16.6 Å². The maximum absolute atomic E-state index is 4.17. The van der Waals surface area contributed by atoms with E-state index in [1.807, 2.05) is 13.0 Å². The van der Waals surface area contributed by atoms with Crippen LogP contribution in [0.4, 0.5) is 0 Å². The zero-order chi connectivity index (χ0) is 9.26. The van der Waals surface area contributed by atoms with Gasteiger partial charge in [-0.25, -0.2) is 4.98 Å². The van der Waals surface area contributed by atoms with Gasteiger partial charge in [0.25, 0.3) is 0 Å². The van der Waals surface area contributed by atoms with Crippen LogP contribution in [0.2, 0.25) is 0 Å². The summed E-state index contributed by atoms with van der Waals surface area (Å²) in [6, 6.07) is 6.25. The number of aromatic nitrogens is 2. The molecule has 66 valence electrons. The van der Waals surface area contributed by atoms with Gasteiger partial charge >= 0.3 is 0 Å². The van der Waals surface area contributed by atoms with Crippen LogP contribution in [0.15, 0.2) is 30.6 Å². The van der Waals surface area contributed by atoms with Gasteiger partial charge in [0.15, 0.2) is 0 Å². The summed E-state index contributed by atoms with van der Waals surface area (Å²) in [4.78, 5) is 7.27. The lowest BCUT2D eigenvalue weighted by Crippen LogP contribution is -1.79. The Bertz CT molecular complexity index is 452. The van der Waals surface area contributed by atoms with Gasteiger partial charge in [0.05, 0.1) is 17.4 Å². The highest BCUT2D eigenvalue weighted by Crippen LogP contribution is 2.18. The summed E-state index contributed by atoms with van der Waals surface area (Å²) in [5.74, 6) is 0. The number of hydrogen-bond acceptors (Lipinski definition) is 1. The highest BCUT2D eigenvalue weighted by Gasteiger charge is 1.98. The third-order valence-electron chi connectivity index (χ3n) is 2.31. The number of rotatable bonds is 1. The molecule has 13 heavy (non-hydrogen) atoms. The van der Waals surface area contributed by atoms with Crippen molar-refractivity contribution in [3.63, 3.8) is 0 Å². The number of imidazole rings is 1. The van der Waals surface area contributed by atoms with Gasteiger partial charge in [-0.2, -0.15) is 0 Å². The van der Waals surface area contributed by atoms with E-state index in [2.05, 4.69) is 35.1 Å². The Hall–Kier alpha value is -1.57. The lowest BCUT2D eigenvalue weighted by atomic mass is 10.1. The molecule has 0 spiro atoms. The number of nitrogens with one attached hydrogen (secondary N) is 1. The molecule has 1 aromatic heterocycles. The molecule has 0 atom stereocenters. The van der Waals surface area contributed by atoms with Crippen LogP contribution < -0.4 is 0 Å². The van der Waals surface area contributed by atoms with Gasteiger partial charge in [0.2, 0.25) is 0 Å². The van der Waals surface area contributed by atoms with Gasteiger partial charge in [-0.3, -0.25) is 0 Å². The number of benzene rings is 1. The molecule has 0 bridgehead atoms. The first kappa shape index (κ1) is 8.05. The van der Waals surface area contributed by atoms with E-state index >= 15 is 0 Å². The summed E-state index contributed by atoms with van der Waals surface area (Å²) < 4.78 is 0. The van der Waals surface area contributed by atoms with Crippen LogP contribution in [0, 0.1) is 0 Å². The van der Waals surface area contributed by atoms with Gasteiger partial charge in [0.1, 0.15) is 0 Å². The van der Waals surface area contributed by atoms with E-state index in [4.69, 9.17) is 0 Å². The first-order valence-electron chi connectivity index (χ1n) is 4.37. The van der Waals surface area contributed by atoms with E-state index in [1.165, 1.54) is 11.1 Å². The first-order chi connectivity index (χ1) is 6.31. The Labute approximate surface area is 77.3 Å². The minimum absolute atomic E-state index is 1.02. The van der Waals surface area contributed by atoms with Crippen LogP contribution in [0.1, 0.15) is 19.4 Å². The average molecular weight is 172 g/mol. The number of hydrogen-bond donors (Lipinski definition) is 1. The largest absolute Gasteiger partial charge is 0.345 e. The van der Waals surface area contributed by atoms with Crippen LogP contribution in [-0.4, -0.2) is 9.97 Å². The van der Waals surface area contributed by atoms with E-state index in [-0.39, 0.29) is 0 Å². The molecule has 0 aliphatic carbocycles. The van der Waals surface area contributed by atoms with E-state index in [1.54, 1.807) is 6.33 Å². The van der Waals surface area contributed by atoms with Crippen LogP contribution in [0.5, 0.6) is 0 Å². The molecular weight excluding hydrogens is 160 g/mol. The van der Waals surface area contributed by atoms with Crippen molar-refractivity contribution in [3.05, 3.63) is 36.2 Å². The summed E-state index contributed by atoms with van der Waals surface area (Å²) in [5.41, 5.74) is 4.65. The monoisotopic (exact) mass is 172 g/mol. The van der Waals surface area contributed by atoms with Gasteiger partial charge in [-0.15, -0.1) is 0 Å². The Morgan fingerprint density at radius 2 is 2.31 bits per heavy atom. The third kappa shape index (κ3) is 1.35. The second-order valence-corrected chi connectivity index (χ2v) is 3.11. The quantitative estimate of drug-likeness (QED) is 0.703. The fourth-order valence-corrected chi connectivity index (χ4v) is 1.35. The molecule has 0 saturated carbocycles. The Kier molecular flexibility index (Phi) is 1.89. The van der Waals surface area contributed by atoms with Crippen molar-refractivity contribution in [2.75, 3.05) is 0 Å². The molecule has 0 unspecified atom stereocenters. The van der Waals surface area contributed by atoms with Crippen molar-refractivity contribution in [3.8, 4) is 0 Å². The minimum atomic E-state index is 1.02. The van der Waals surface area contributed by atoms with Crippen LogP contribution in [-0.2, 0) is 0 Å². The molecular formula is C11H12N2. The van der Waals surface area contributed by atoms with Gasteiger partial charge in [0, 0.05) is 0 Å². The predicted octanol–water partition coefficient (Wildman–Crippen LogP) is 2.99. The van der Waals surface area contributed by atoms with Crippen molar-refractivity contribution < 1.29 is 0 Å². The Balaban J connectivity index is 2.60. The molecule has 0 fully saturated rings. The summed E-state index contributed by atoms with van der Waals surface area (Å²) in [5, 5.41) is 0. The SMILES string of the molecule is C/C=C(\C)c1ccc2nc[nH]c2c1. The molecule has 1 aromatic carbocycles. The maximum Gasteiger partial charge on any atom is 0.0931 e. The molecule has 2 rings (SSSR count). The lowest BCUT2D eigenvalue weighted by Gasteiger charge is -1.99. The van der Waals surface area contributed by atoms with Gasteiger partial charge < -0.3 is 4.98 Å². The molecule has 0 saturated heterocycles. The standard InChI is InChI=1S/C11H12N2/c1-3-8(2)9-4-5-10-11(6-9)13-7-12-10/h3-7H,1-2H3,(H,12,13)/b8-3+. The van der Waals surface area contributed by atoms with Crippen LogP contribution in [0.3, 0.4) is 0 Å². The molecule has 2 nitrogen and oxygen atoms in total. The summed E-state index contributed by atoms with van der Waals surface area (Å²) >= 11 is 0. The number of nitrogens with zero attached hydrogens (tertiary/aromatic N) is 1. The predicted molar refractivity (Wildman–Crippen MR) is 55.4 cm³/mol. The number of aromatic amines is 1. The zero-order valence-corrected chi connectivity index (χ0v) is 7.83. The Morgan fingerprint density at radius 1 is 1.46 bits per heavy atom. The second-order valence-electron chi connectivity index (χ2n) is 3.11. The number of H-pyrrole nitrogens is 1. The normalized spacial score (nSPS) is 12.3. The molecule has 2 aromatic rings. The van der Waals surface area contributed by atoms with Crippen molar-refractivity contribution >= 4 is 16.6 Å². The maximum atomic E-state index is 4.17. The topological polar surface area (TPSA) is 28.7 Å². The smallest absolute Gasteiger partial charge is 0.0931 e. The minimum Gasteiger partial charge on any atom is -0.345 e. The fraction of sp³-hybridized carbons (Fsp3) is 0.182. The highest BCUT2D eigenvalue weighted by molar-refractivity contribution is 5.79. The first-order valence-corrected chi connectivity index (χ1v) is 4.37. The second kappa shape index (κ2) is 3.05. The van der Waals surface area contributed by atoms with Crippen LogP contribution >= 0.6 is 0 Å². The third-order valence-corrected chi connectivity index (χ3v) is 2.31. The molecule has 1 heterocycles. The number of allylic oxidation sites excluding steroid dienone is 2. The highest BCUT2D eigenvalue weighted by atomic mass is 14.9. The average Bonchev–Trinajstić information content (AvgIpc) is 2.63. The molecule has 2 heteroatoms. The molecule has 0 radical (unpaired) electrons. The van der Waals surface area contributed by atoms with Crippen molar-refractivity contribution in [2.45, 2.75) is 13.8 Å². The van der Waals surface area contributed by atoms with E-state index < -0.39 is 0 Å². The number of fused-ring (bicyclic) bond motifs is 1. The van der Waals surface area contributed by atoms with E-state index in [0.717, 1.165) is 11.0 Å². The molecule has 0 aliphatic rings. The van der Waals surface area contributed by atoms with Crippen molar-refractivity contribution in [1.82, 2.24) is 9.97 Å². The van der Waals surface area contributed by atoms with Gasteiger partial charge in [-0.1, -0.05) is 12.1 Å². The zero-order valence-electron chi connectivity index (χ0n) is 7.83. The van der Waals surface area contributed by atoms with Gasteiger partial charge in [-0.05, 0) is 37.1 Å². The molecule has 0 amide bonds.